The Kier molecular flexibility index (Phi) is 2.97. The van der Waals surface area contributed by atoms with Crippen molar-refractivity contribution >= 4 is 11.7 Å². The van der Waals surface area contributed by atoms with Crippen molar-refractivity contribution in [3.8, 4) is 0 Å². The highest BCUT2D eigenvalue weighted by atomic mass is 19.3. The van der Waals surface area contributed by atoms with Crippen LogP contribution in [0.3, 0.4) is 0 Å². The summed E-state index contributed by atoms with van der Waals surface area (Å²) < 4.78 is 24.8. The summed E-state index contributed by atoms with van der Waals surface area (Å²) in [5.41, 5.74) is -5.15. The Labute approximate surface area is 85.5 Å². The highest BCUT2D eigenvalue weighted by molar-refractivity contribution is 5.93. The van der Waals surface area contributed by atoms with Crippen molar-refractivity contribution in [1.82, 2.24) is 4.98 Å². The smallest absolute Gasteiger partial charge is 0.343 e. The predicted octanol–water partition coefficient (Wildman–Crippen LogP) is 0.919. The Morgan fingerprint density at radius 3 is 2.50 bits per heavy atom. The summed E-state index contributed by atoms with van der Waals surface area (Å²) in [6, 6.07) is 0. The molecule has 0 bridgehead atoms. The highest BCUT2D eigenvalue weighted by Crippen LogP contribution is 2.25. The summed E-state index contributed by atoms with van der Waals surface area (Å²) in [4.78, 5) is 32.5. The van der Waals surface area contributed by atoms with Crippen molar-refractivity contribution in [2.45, 2.75) is 6.43 Å². The molecule has 1 rings (SSSR count). The van der Waals surface area contributed by atoms with Crippen molar-refractivity contribution in [1.29, 1.82) is 0 Å². The quantitative estimate of drug-likeness (QED) is 0.596. The van der Waals surface area contributed by atoms with Crippen LogP contribution in [0.5, 0.6) is 0 Å². The number of hydrogen-bond donors (Lipinski definition) is 2. The zero-order valence-corrected chi connectivity index (χ0v) is 7.44. The van der Waals surface area contributed by atoms with Crippen LogP contribution in [0.25, 0.3) is 0 Å². The monoisotopic (exact) mass is 234 g/mol. The van der Waals surface area contributed by atoms with Gasteiger partial charge in [0.2, 0.25) is 0 Å². The number of aromatic carboxylic acids is 1. The van der Waals surface area contributed by atoms with Crippen molar-refractivity contribution in [2.75, 3.05) is 0 Å². The van der Waals surface area contributed by atoms with E-state index >= 15 is 0 Å². The molecule has 7 nitrogen and oxygen atoms in total. The van der Waals surface area contributed by atoms with Gasteiger partial charge in [-0.3, -0.25) is 14.9 Å². The molecule has 0 aliphatic carbocycles. The first-order valence-corrected chi connectivity index (χ1v) is 3.77. The average Bonchev–Trinajstić information content (AvgIpc) is 2.15. The third-order valence-corrected chi connectivity index (χ3v) is 1.74. The van der Waals surface area contributed by atoms with Crippen LogP contribution >= 0.6 is 0 Å². The van der Waals surface area contributed by atoms with Gasteiger partial charge in [0.1, 0.15) is 5.56 Å². The normalized spacial score (nSPS) is 10.4. The molecule has 0 unspecified atom stereocenters. The number of alkyl halides is 2. The Morgan fingerprint density at radius 2 is 2.12 bits per heavy atom. The third kappa shape index (κ3) is 1.87. The molecular weight excluding hydrogens is 230 g/mol. The maximum atomic E-state index is 12.4. The molecule has 0 aliphatic rings. The van der Waals surface area contributed by atoms with E-state index in [0.717, 1.165) is 0 Å². The van der Waals surface area contributed by atoms with Gasteiger partial charge in [0.15, 0.2) is 5.56 Å². The molecule has 1 heterocycles. The Hall–Kier alpha value is -2.32. The average molecular weight is 234 g/mol. The van der Waals surface area contributed by atoms with Crippen LogP contribution in [0, 0.1) is 10.1 Å². The Balaban J connectivity index is 3.70. The maximum absolute atomic E-state index is 12.4. The topological polar surface area (TPSA) is 113 Å². The minimum absolute atomic E-state index is 0.470. The number of nitrogens with one attached hydrogen (secondary N) is 1. The van der Waals surface area contributed by atoms with Crippen LogP contribution in [0.4, 0.5) is 14.5 Å². The number of rotatable bonds is 3. The number of hydrogen-bond acceptors (Lipinski definition) is 4. The number of halogens is 2. The van der Waals surface area contributed by atoms with Gasteiger partial charge in [-0.1, -0.05) is 0 Å². The third-order valence-electron chi connectivity index (χ3n) is 1.74. The minimum Gasteiger partial charge on any atom is -0.477 e. The number of nitrogens with zero attached hydrogens (tertiary/aromatic N) is 1. The Morgan fingerprint density at radius 1 is 1.56 bits per heavy atom. The van der Waals surface area contributed by atoms with E-state index < -0.39 is 39.7 Å². The lowest BCUT2D eigenvalue weighted by atomic mass is 10.1. The molecule has 0 aliphatic heterocycles. The van der Waals surface area contributed by atoms with Gasteiger partial charge in [0.05, 0.1) is 11.1 Å². The molecule has 2 N–H and O–H groups in total. The van der Waals surface area contributed by atoms with Crippen molar-refractivity contribution in [3.05, 3.63) is 37.8 Å². The number of aromatic nitrogens is 1. The zero-order chi connectivity index (χ0) is 12.5. The van der Waals surface area contributed by atoms with Crippen molar-refractivity contribution in [3.63, 3.8) is 0 Å². The summed E-state index contributed by atoms with van der Waals surface area (Å²) >= 11 is 0. The number of H-pyrrole nitrogens is 1. The lowest BCUT2D eigenvalue weighted by molar-refractivity contribution is -0.385. The van der Waals surface area contributed by atoms with E-state index in [1.807, 2.05) is 0 Å². The molecule has 1 aromatic heterocycles. The number of pyridine rings is 1. The molecule has 0 amide bonds. The lowest BCUT2D eigenvalue weighted by Crippen LogP contribution is -2.20. The molecule has 0 spiro atoms. The van der Waals surface area contributed by atoms with E-state index in [9.17, 15) is 28.5 Å². The predicted molar refractivity (Wildman–Crippen MR) is 45.6 cm³/mol. The van der Waals surface area contributed by atoms with Gasteiger partial charge in [-0.25, -0.2) is 13.6 Å². The molecule has 0 saturated heterocycles. The van der Waals surface area contributed by atoms with Crippen molar-refractivity contribution < 1.29 is 23.6 Å². The van der Waals surface area contributed by atoms with E-state index in [1.165, 1.54) is 0 Å². The van der Waals surface area contributed by atoms with Gasteiger partial charge in [0.25, 0.3) is 12.0 Å². The van der Waals surface area contributed by atoms with Crippen LogP contribution in [0.2, 0.25) is 0 Å². The molecule has 86 valence electrons. The molecule has 0 atom stereocenters. The summed E-state index contributed by atoms with van der Waals surface area (Å²) in [5, 5.41) is 19.0. The van der Waals surface area contributed by atoms with E-state index in [1.54, 1.807) is 4.98 Å². The fourth-order valence-electron chi connectivity index (χ4n) is 1.11. The van der Waals surface area contributed by atoms with Gasteiger partial charge in [-0.05, 0) is 0 Å². The second-order valence-corrected chi connectivity index (χ2v) is 2.65. The van der Waals surface area contributed by atoms with Gasteiger partial charge < -0.3 is 10.1 Å². The summed E-state index contributed by atoms with van der Waals surface area (Å²) in [6.07, 6.45) is -2.94. The lowest BCUT2D eigenvalue weighted by Gasteiger charge is -2.03. The second-order valence-electron chi connectivity index (χ2n) is 2.65. The maximum Gasteiger partial charge on any atom is 0.343 e. The SMILES string of the molecule is O=C(O)c1c([N+](=O)[O-])c[nH]c(=O)c1C(F)F. The first-order valence-electron chi connectivity index (χ1n) is 3.77. The largest absolute Gasteiger partial charge is 0.477 e. The standard InChI is InChI=1S/C7H4F2N2O5/c8-5(9)4-3(7(13)14)2(11(15)16)1-10-6(4)12/h1,5H,(H,10,12)(H,13,14). The van der Waals surface area contributed by atoms with Crippen LogP contribution in [-0.4, -0.2) is 21.0 Å². The molecule has 0 aromatic carbocycles. The number of nitro groups is 1. The summed E-state index contributed by atoms with van der Waals surface area (Å²) in [5.74, 6) is -1.95. The first kappa shape index (κ1) is 11.8. The van der Waals surface area contributed by atoms with Gasteiger partial charge in [0, 0.05) is 0 Å². The highest BCUT2D eigenvalue weighted by Gasteiger charge is 2.30. The molecule has 9 heteroatoms. The van der Waals surface area contributed by atoms with Crippen LogP contribution < -0.4 is 5.56 Å². The minimum atomic E-state index is -3.41. The molecule has 1 aromatic rings. The van der Waals surface area contributed by atoms with E-state index in [4.69, 9.17) is 5.11 Å². The van der Waals surface area contributed by atoms with Crippen LogP contribution in [0.15, 0.2) is 11.0 Å². The zero-order valence-electron chi connectivity index (χ0n) is 7.44. The van der Waals surface area contributed by atoms with E-state index in [0.29, 0.717) is 6.20 Å². The van der Waals surface area contributed by atoms with Crippen LogP contribution in [-0.2, 0) is 0 Å². The number of carboxylic acids is 1. The first-order chi connectivity index (χ1) is 7.36. The van der Waals surface area contributed by atoms with Gasteiger partial charge >= 0.3 is 11.7 Å². The fourth-order valence-corrected chi connectivity index (χ4v) is 1.11. The van der Waals surface area contributed by atoms with E-state index in [-0.39, 0.29) is 0 Å². The van der Waals surface area contributed by atoms with E-state index in [2.05, 4.69) is 0 Å². The number of aromatic amines is 1. The molecular formula is C7H4F2N2O5. The van der Waals surface area contributed by atoms with Crippen molar-refractivity contribution in [2.24, 2.45) is 0 Å². The molecule has 16 heavy (non-hydrogen) atoms. The van der Waals surface area contributed by atoms with Gasteiger partial charge in [-0.2, -0.15) is 0 Å². The second kappa shape index (κ2) is 4.04. The number of carboxylic acid groups (broad SMARTS) is 1. The molecule has 0 saturated carbocycles. The Bertz CT molecular complexity index is 510. The fraction of sp³-hybridized carbons (Fsp3) is 0.143. The summed E-state index contributed by atoms with van der Waals surface area (Å²) in [7, 11) is 0. The van der Waals surface area contributed by atoms with Crippen LogP contribution in [0.1, 0.15) is 22.3 Å². The molecule has 0 radical (unpaired) electrons. The van der Waals surface area contributed by atoms with Gasteiger partial charge in [-0.15, -0.1) is 0 Å². The molecule has 0 fully saturated rings. The summed E-state index contributed by atoms with van der Waals surface area (Å²) in [6.45, 7) is 0. The number of carbonyl (C=O) groups is 1.